The third kappa shape index (κ3) is 7.19. The van der Waals surface area contributed by atoms with Crippen molar-refractivity contribution in [1.29, 1.82) is 0 Å². The van der Waals surface area contributed by atoms with Crippen LogP contribution in [0.1, 0.15) is 111 Å². The van der Waals surface area contributed by atoms with E-state index in [0.717, 1.165) is 72.8 Å². The molecule has 0 aromatic heterocycles. The van der Waals surface area contributed by atoms with Crippen LogP contribution in [0.25, 0.3) is 16.7 Å². The summed E-state index contributed by atoms with van der Waals surface area (Å²) in [7, 11) is 1.74. The molecule has 55 heavy (non-hydrogen) atoms. The zero-order valence-corrected chi connectivity index (χ0v) is 32.7. The van der Waals surface area contributed by atoms with Gasteiger partial charge in [0.1, 0.15) is 23.7 Å². The lowest BCUT2D eigenvalue weighted by atomic mass is 9.72. The Morgan fingerprint density at radius 3 is 2.31 bits per heavy atom. The van der Waals surface area contributed by atoms with Gasteiger partial charge in [0.15, 0.2) is 0 Å². The van der Waals surface area contributed by atoms with Gasteiger partial charge in [0.05, 0.1) is 31.2 Å². The summed E-state index contributed by atoms with van der Waals surface area (Å²) in [6.07, 6.45) is 14.7. The van der Waals surface area contributed by atoms with Gasteiger partial charge in [-0.25, -0.2) is 4.79 Å². The molecule has 8 rings (SSSR count). The highest BCUT2D eigenvalue weighted by Gasteiger charge is 2.46. The topological polar surface area (TPSA) is 57.2 Å². The van der Waals surface area contributed by atoms with Crippen LogP contribution >= 0.6 is 0 Å². The number of esters is 1. The number of allylic oxidation sites excluding steroid dienone is 2. The highest BCUT2D eigenvalue weighted by molar-refractivity contribution is 5.97. The molecule has 0 amide bonds. The summed E-state index contributed by atoms with van der Waals surface area (Å²) in [5, 5.41) is 0. The molecule has 2 aliphatic heterocycles. The normalized spacial score (nSPS) is 18.1. The van der Waals surface area contributed by atoms with Gasteiger partial charge in [-0.2, -0.15) is 0 Å². The van der Waals surface area contributed by atoms with Crippen LogP contribution in [0.15, 0.2) is 114 Å². The summed E-state index contributed by atoms with van der Waals surface area (Å²) in [4.78, 5) is 15.7. The average Bonchev–Trinajstić information content (AvgIpc) is 3.47. The molecule has 284 valence electrons. The van der Waals surface area contributed by atoms with Gasteiger partial charge in [-0.1, -0.05) is 107 Å². The van der Waals surface area contributed by atoms with Crippen LogP contribution in [0.5, 0.6) is 11.5 Å². The molecule has 1 saturated heterocycles. The van der Waals surface area contributed by atoms with E-state index in [0.29, 0.717) is 5.56 Å². The largest absolute Gasteiger partial charge is 0.495 e. The van der Waals surface area contributed by atoms with E-state index in [9.17, 15) is 4.79 Å². The summed E-state index contributed by atoms with van der Waals surface area (Å²) in [5.41, 5.74) is 12.4. The van der Waals surface area contributed by atoms with Gasteiger partial charge in [-0.15, -0.1) is 0 Å². The Morgan fingerprint density at radius 1 is 0.855 bits per heavy atom. The van der Waals surface area contributed by atoms with Crippen LogP contribution in [0.4, 0.5) is 5.69 Å². The zero-order valence-electron chi connectivity index (χ0n) is 32.7. The van der Waals surface area contributed by atoms with Crippen molar-refractivity contribution in [2.45, 2.75) is 89.8 Å². The number of carbonyl (C=O) groups is 1. The molecule has 1 unspecified atom stereocenters. The summed E-state index contributed by atoms with van der Waals surface area (Å²) >= 11 is 0. The number of fused-ring (bicyclic) bond motifs is 7. The molecule has 4 aromatic carbocycles. The number of methoxy groups -OCH3 is 1. The van der Waals surface area contributed by atoms with Gasteiger partial charge in [0.2, 0.25) is 0 Å². The number of unbranched alkanes of at least 4 members (excludes halogenated alkanes) is 5. The second-order valence-electron chi connectivity index (χ2n) is 15.8. The van der Waals surface area contributed by atoms with Crippen LogP contribution in [0.3, 0.4) is 0 Å². The van der Waals surface area contributed by atoms with Gasteiger partial charge < -0.3 is 23.8 Å². The quantitative estimate of drug-likeness (QED) is 0.101. The first kappa shape index (κ1) is 36.7. The Labute approximate surface area is 326 Å². The Morgan fingerprint density at radius 2 is 1.56 bits per heavy atom. The first-order chi connectivity index (χ1) is 26.9. The molecule has 1 atom stereocenters. The van der Waals surface area contributed by atoms with Crippen molar-refractivity contribution in [2.75, 3.05) is 31.7 Å². The molecular formula is C49H53NO5. The van der Waals surface area contributed by atoms with E-state index in [1.807, 2.05) is 42.5 Å². The zero-order chi connectivity index (χ0) is 37.9. The highest BCUT2D eigenvalue weighted by Crippen LogP contribution is 2.59. The average molecular weight is 736 g/mol. The van der Waals surface area contributed by atoms with Crippen LogP contribution in [-0.2, 0) is 14.9 Å². The molecule has 4 aliphatic rings. The summed E-state index contributed by atoms with van der Waals surface area (Å²) < 4.78 is 24.4. The smallest absolute Gasteiger partial charge is 0.338 e. The van der Waals surface area contributed by atoms with Crippen LogP contribution in [-0.4, -0.2) is 38.9 Å². The van der Waals surface area contributed by atoms with Crippen molar-refractivity contribution >= 4 is 17.2 Å². The number of rotatable bonds is 13. The fourth-order valence-electron chi connectivity index (χ4n) is 8.97. The standard InChI is InChI=1S/C49H53NO5/c1-5-6-7-8-9-12-29-53-36-23-21-34(22-24-36)33-17-19-35(20-18-33)48(51)55-37-25-27-50(28-26-37)43-31-40-41(32-44(43)52-4)47-39(15-13-30-54-47)46-45(40)38-14-10-11-16-42(38)49(46,2)3/h10-11,13-24,30-32,37,47H,5-9,12,25-29H2,1-4H3. The van der Waals surface area contributed by atoms with Crippen molar-refractivity contribution in [1.82, 2.24) is 0 Å². The molecule has 4 aromatic rings. The highest BCUT2D eigenvalue weighted by atomic mass is 16.5. The molecule has 0 saturated carbocycles. The number of piperidine rings is 1. The van der Waals surface area contributed by atoms with Crippen molar-refractivity contribution in [2.24, 2.45) is 0 Å². The molecule has 2 heterocycles. The van der Waals surface area contributed by atoms with E-state index in [1.165, 1.54) is 65.5 Å². The molecule has 6 nitrogen and oxygen atoms in total. The SMILES string of the molecule is CCCCCCCCOc1ccc(-c2ccc(C(=O)OC3CCN(c4cc5c(cc4OC)C4OC=CC=C4C4=C5c5ccccc5C4(C)C)CC3)cc2)cc1. The van der Waals surface area contributed by atoms with E-state index in [4.69, 9.17) is 18.9 Å². The molecule has 0 bridgehead atoms. The van der Waals surface area contributed by atoms with Crippen LogP contribution < -0.4 is 14.4 Å². The van der Waals surface area contributed by atoms with E-state index in [2.05, 4.69) is 80.3 Å². The van der Waals surface area contributed by atoms with Crippen molar-refractivity contribution in [3.63, 3.8) is 0 Å². The number of carbonyl (C=O) groups excluding carboxylic acids is 1. The number of benzene rings is 4. The summed E-state index contributed by atoms with van der Waals surface area (Å²) in [6.45, 7) is 9.16. The Bertz CT molecular complexity index is 2120. The molecule has 0 radical (unpaired) electrons. The van der Waals surface area contributed by atoms with Crippen molar-refractivity contribution in [3.05, 3.63) is 142 Å². The first-order valence-corrected chi connectivity index (χ1v) is 20.3. The fraction of sp³-hybridized carbons (Fsp3) is 0.367. The molecule has 0 spiro atoms. The Hall–Kier alpha value is -5.23. The van der Waals surface area contributed by atoms with Gasteiger partial charge in [0, 0.05) is 42.5 Å². The fourth-order valence-corrected chi connectivity index (χ4v) is 8.97. The van der Waals surface area contributed by atoms with Gasteiger partial charge in [0.25, 0.3) is 0 Å². The summed E-state index contributed by atoms with van der Waals surface area (Å²) in [6, 6.07) is 29.2. The lowest BCUT2D eigenvalue weighted by Crippen LogP contribution is -2.38. The third-order valence-corrected chi connectivity index (χ3v) is 11.9. The van der Waals surface area contributed by atoms with E-state index >= 15 is 0 Å². The predicted octanol–water partition coefficient (Wildman–Crippen LogP) is 11.5. The first-order valence-electron chi connectivity index (χ1n) is 20.3. The van der Waals surface area contributed by atoms with Gasteiger partial charge in [-0.3, -0.25) is 0 Å². The van der Waals surface area contributed by atoms with Gasteiger partial charge >= 0.3 is 5.97 Å². The number of hydrogen-bond donors (Lipinski definition) is 0. The molecule has 0 N–H and O–H groups in total. The number of nitrogens with zero attached hydrogens (tertiary/aromatic N) is 1. The second-order valence-corrected chi connectivity index (χ2v) is 15.8. The second kappa shape index (κ2) is 15.9. The third-order valence-electron chi connectivity index (χ3n) is 11.9. The molecular weight excluding hydrogens is 683 g/mol. The number of anilines is 1. The Balaban J connectivity index is 0.912. The van der Waals surface area contributed by atoms with Crippen molar-refractivity contribution < 1.29 is 23.7 Å². The van der Waals surface area contributed by atoms with Crippen LogP contribution in [0, 0.1) is 0 Å². The molecule has 2 aliphatic carbocycles. The number of ether oxygens (including phenoxy) is 4. The molecule has 6 heteroatoms. The maximum Gasteiger partial charge on any atom is 0.338 e. The maximum atomic E-state index is 13.3. The number of hydrogen-bond acceptors (Lipinski definition) is 6. The van der Waals surface area contributed by atoms with E-state index < -0.39 is 0 Å². The molecule has 1 fully saturated rings. The summed E-state index contributed by atoms with van der Waals surface area (Å²) in [5.74, 6) is 1.45. The minimum absolute atomic E-state index is 0.150. The van der Waals surface area contributed by atoms with E-state index in [-0.39, 0.29) is 23.6 Å². The minimum Gasteiger partial charge on any atom is -0.495 e. The lowest BCUT2D eigenvalue weighted by molar-refractivity contribution is 0.0245. The minimum atomic E-state index is -0.276. The predicted molar refractivity (Wildman–Crippen MR) is 221 cm³/mol. The van der Waals surface area contributed by atoms with Gasteiger partial charge in [-0.05, 0) is 87.9 Å². The van der Waals surface area contributed by atoms with E-state index in [1.54, 1.807) is 13.4 Å². The maximum absolute atomic E-state index is 13.3. The van der Waals surface area contributed by atoms with Crippen LogP contribution in [0.2, 0.25) is 0 Å². The Kier molecular flexibility index (Phi) is 10.6. The lowest BCUT2D eigenvalue weighted by Gasteiger charge is -2.38. The monoisotopic (exact) mass is 735 g/mol. The van der Waals surface area contributed by atoms with Crippen molar-refractivity contribution in [3.8, 4) is 22.6 Å².